The molecule has 1 atom stereocenters. The van der Waals surface area contributed by atoms with Crippen LogP contribution in [0.3, 0.4) is 0 Å². The fourth-order valence-corrected chi connectivity index (χ4v) is 4.30. The summed E-state index contributed by atoms with van der Waals surface area (Å²) in [5.74, 6) is 1.65. The third kappa shape index (κ3) is 5.32. The summed E-state index contributed by atoms with van der Waals surface area (Å²) in [6.45, 7) is 5.12. The van der Waals surface area contributed by atoms with E-state index in [2.05, 4.69) is 20.4 Å². The summed E-state index contributed by atoms with van der Waals surface area (Å²) in [5, 5.41) is 10.3. The van der Waals surface area contributed by atoms with Crippen LogP contribution < -0.4 is 5.32 Å². The van der Waals surface area contributed by atoms with Gasteiger partial charge in [0.25, 0.3) is 0 Å². The zero-order valence-electron chi connectivity index (χ0n) is 17.8. The van der Waals surface area contributed by atoms with Gasteiger partial charge in [0.2, 0.25) is 5.91 Å². The quantitative estimate of drug-likeness (QED) is 0.513. The minimum absolute atomic E-state index is 0.00785. The molecule has 3 heterocycles. The first-order valence-corrected chi connectivity index (χ1v) is 11.3. The minimum atomic E-state index is -0.00785. The average molecular weight is 440 g/mol. The zero-order valence-corrected chi connectivity index (χ0v) is 18.7. The number of hydrogen-bond donors (Lipinski definition) is 2. The highest BCUT2D eigenvalue weighted by atomic mass is 32.1. The molecule has 0 aliphatic carbocycles. The molecule has 1 aliphatic heterocycles. The Bertz CT molecular complexity index is 1030. The normalized spacial score (nSPS) is 15.6. The van der Waals surface area contributed by atoms with E-state index in [0.717, 1.165) is 30.2 Å². The van der Waals surface area contributed by atoms with Crippen molar-refractivity contribution in [3.05, 3.63) is 58.8 Å². The van der Waals surface area contributed by atoms with Crippen LogP contribution in [0.1, 0.15) is 43.0 Å². The maximum Gasteiger partial charge on any atom is 0.221 e. The van der Waals surface area contributed by atoms with Crippen LogP contribution in [-0.2, 0) is 11.3 Å². The van der Waals surface area contributed by atoms with Crippen molar-refractivity contribution in [1.82, 2.24) is 25.0 Å². The molecule has 1 saturated heterocycles. The van der Waals surface area contributed by atoms with Crippen molar-refractivity contribution in [3.63, 3.8) is 0 Å². The Morgan fingerprint density at radius 3 is 2.71 bits per heavy atom. The van der Waals surface area contributed by atoms with E-state index in [1.165, 1.54) is 24.8 Å². The first-order valence-electron chi connectivity index (χ1n) is 10.9. The summed E-state index contributed by atoms with van der Waals surface area (Å²) in [6.07, 6.45) is 5.67. The Hall–Kier alpha value is -2.71. The molecule has 0 bridgehead atoms. The van der Waals surface area contributed by atoms with Crippen molar-refractivity contribution >= 4 is 18.1 Å². The summed E-state index contributed by atoms with van der Waals surface area (Å²) in [6, 6.07) is 12.1. The molecule has 2 N–H and O–H groups in total. The summed E-state index contributed by atoms with van der Waals surface area (Å²) in [7, 11) is 0. The standard InChI is InChI=1S/C23H29N5O2S/c1-17-7-9-18(10-8-17)22-25-26-23(31)28(22)14-11-21(29)24-16-19(20-6-5-15-30-20)27-12-3-2-4-13-27/h5-10,15,19H,2-4,11-14,16H2,1H3,(H,24,29)(H,26,31). The lowest BCUT2D eigenvalue weighted by Crippen LogP contribution is -2.40. The summed E-state index contributed by atoms with van der Waals surface area (Å²) >= 11 is 5.39. The van der Waals surface area contributed by atoms with E-state index in [9.17, 15) is 4.79 Å². The highest BCUT2D eigenvalue weighted by Crippen LogP contribution is 2.24. The van der Waals surface area contributed by atoms with E-state index < -0.39 is 0 Å². The van der Waals surface area contributed by atoms with Gasteiger partial charge in [-0.05, 0) is 57.2 Å². The Kier molecular flexibility index (Phi) is 6.99. The highest BCUT2D eigenvalue weighted by molar-refractivity contribution is 7.71. The molecule has 1 amide bonds. The van der Waals surface area contributed by atoms with E-state index >= 15 is 0 Å². The smallest absolute Gasteiger partial charge is 0.221 e. The van der Waals surface area contributed by atoms with Crippen LogP contribution in [0.4, 0.5) is 0 Å². The molecule has 1 aliphatic rings. The average Bonchev–Trinajstić information content (AvgIpc) is 3.44. The number of nitrogens with one attached hydrogen (secondary N) is 2. The third-order valence-electron chi connectivity index (χ3n) is 5.83. The van der Waals surface area contributed by atoms with Gasteiger partial charge in [0.05, 0.1) is 12.3 Å². The van der Waals surface area contributed by atoms with Gasteiger partial charge in [0.15, 0.2) is 10.6 Å². The van der Waals surface area contributed by atoms with Crippen LogP contribution in [0, 0.1) is 11.7 Å². The molecule has 0 radical (unpaired) electrons. The van der Waals surface area contributed by atoms with Crippen LogP contribution >= 0.6 is 12.2 Å². The van der Waals surface area contributed by atoms with Gasteiger partial charge in [-0.1, -0.05) is 36.2 Å². The van der Waals surface area contributed by atoms with Crippen molar-refractivity contribution in [2.24, 2.45) is 0 Å². The number of furan rings is 1. The lowest BCUT2D eigenvalue weighted by molar-refractivity contribution is -0.121. The second-order valence-corrected chi connectivity index (χ2v) is 8.44. The molecule has 164 valence electrons. The van der Waals surface area contributed by atoms with Crippen molar-refractivity contribution < 1.29 is 9.21 Å². The van der Waals surface area contributed by atoms with Crippen molar-refractivity contribution in [2.75, 3.05) is 19.6 Å². The van der Waals surface area contributed by atoms with E-state index in [1.54, 1.807) is 6.26 Å². The molecule has 31 heavy (non-hydrogen) atoms. The van der Waals surface area contributed by atoms with Crippen LogP contribution in [-0.4, -0.2) is 45.2 Å². The highest BCUT2D eigenvalue weighted by Gasteiger charge is 2.25. The number of aromatic amines is 1. The number of benzene rings is 1. The van der Waals surface area contributed by atoms with Crippen LogP contribution in [0.2, 0.25) is 0 Å². The maximum absolute atomic E-state index is 12.7. The summed E-state index contributed by atoms with van der Waals surface area (Å²) < 4.78 is 8.07. The Balaban J connectivity index is 1.37. The van der Waals surface area contributed by atoms with Crippen LogP contribution in [0.25, 0.3) is 11.4 Å². The largest absolute Gasteiger partial charge is 0.468 e. The molecule has 1 unspecified atom stereocenters. The van der Waals surface area contributed by atoms with Gasteiger partial charge in [-0.2, -0.15) is 5.10 Å². The lowest BCUT2D eigenvalue weighted by atomic mass is 10.1. The molecule has 3 aromatic rings. The van der Waals surface area contributed by atoms with Gasteiger partial charge < -0.3 is 9.73 Å². The Morgan fingerprint density at radius 2 is 2.00 bits per heavy atom. The molecular weight excluding hydrogens is 410 g/mol. The van der Waals surface area contributed by atoms with Gasteiger partial charge in [0, 0.05) is 25.1 Å². The number of aryl methyl sites for hydroxylation is 1. The molecule has 7 nitrogen and oxygen atoms in total. The molecule has 0 saturated carbocycles. The second-order valence-electron chi connectivity index (χ2n) is 8.05. The molecule has 1 fully saturated rings. The van der Waals surface area contributed by atoms with Crippen molar-refractivity contribution in [2.45, 2.75) is 45.2 Å². The van der Waals surface area contributed by atoms with E-state index in [-0.39, 0.29) is 11.9 Å². The number of nitrogens with zero attached hydrogens (tertiary/aromatic N) is 3. The number of piperidine rings is 1. The fraction of sp³-hybridized carbons (Fsp3) is 0.435. The van der Waals surface area contributed by atoms with Crippen LogP contribution in [0.15, 0.2) is 47.1 Å². The molecule has 4 rings (SSSR count). The molecule has 1 aromatic carbocycles. The first-order chi connectivity index (χ1) is 15.1. The molecule has 0 spiro atoms. The fourth-order valence-electron chi connectivity index (χ4n) is 4.08. The van der Waals surface area contributed by atoms with E-state index in [4.69, 9.17) is 16.6 Å². The van der Waals surface area contributed by atoms with Crippen molar-refractivity contribution in [3.8, 4) is 11.4 Å². The Morgan fingerprint density at radius 1 is 1.23 bits per heavy atom. The number of H-pyrrole nitrogens is 1. The zero-order chi connectivity index (χ0) is 21.6. The summed E-state index contributed by atoms with van der Waals surface area (Å²) in [5.41, 5.74) is 2.16. The monoisotopic (exact) mass is 439 g/mol. The number of carbonyl (C=O) groups is 1. The second kappa shape index (κ2) is 10.1. The lowest BCUT2D eigenvalue weighted by Gasteiger charge is -2.33. The van der Waals surface area contributed by atoms with Crippen LogP contribution in [0.5, 0.6) is 0 Å². The molecule has 2 aromatic heterocycles. The van der Waals surface area contributed by atoms with Gasteiger partial charge in [-0.3, -0.25) is 19.4 Å². The number of likely N-dealkylation sites (tertiary alicyclic amines) is 1. The van der Waals surface area contributed by atoms with E-state index in [0.29, 0.717) is 24.3 Å². The SMILES string of the molecule is Cc1ccc(-c2n[nH]c(=S)n2CCC(=O)NCC(c2ccco2)N2CCCCC2)cc1. The summed E-state index contributed by atoms with van der Waals surface area (Å²) in [4.78, 5) is 15.1. The number of hydrogen-bond acceptors (Lipinski definition) is 5. The first kappa shape index (κ1) is 21.5. The topological polar surface area (TPSA) is 79.1 Å². The Labute approximate surface area is 187 Å². The van der Waals surface area contributed by atoms with Gasteiger partial charge in [-0.25, -0.2) is 0 Å². The number of aromatic nitrogens is 3. The number of carbonyl (C=O) groups excluding carboxylic acids is 1. The van der Waals surface area contributed by atoms with Crippen molar-refractivity contribution in [1.29, 1.82) is 0 Å². The van der Waals surface area contributed by atoms with Gasteiger partial charge in [0.1, 0.15) is 5.76 Å². The number of rotatable bonds is 8. The maximum atomic E-state index is 12.7. The third-order valence-corrected chi connectivity index (χ3v) is 6.14. The van der Waals surface area contributed by atoms with Gasteiger partial charge >= 0.3 is 0 Å². The number of amides is 1. The van der Waals surface area contributed by atoms with Gasteiger partial charge in [-0.15, -0.1) is 0 Å². The van der Waals surface area contributed by atoms with E-state index in [1.807, 2.05) is 47.9 Å². The molecular formula is C23H29N5O2S. The molecule has 8 heteroatoms. The predicted octanol–water partition coefficient (Wildman–Crippen LogP) is 4.24. The predicted molar refractivity (Wildman–Crippen MR) is 122 cm³/mol. The minimum Gasteiger partial charge on any atom is -0.468 e.